The van der Waals surface area contributed by atoms with Crippen LogP contribution in [0.3, 0.4) is 0 Å². The van der Waals surface area contributed by atoms with Crippen molar-refractivity contribution in [3.63, 3.8) is 0 Å². The van der Waals surface area contributed by atoms with Crippen molar-refractivity contribution >= 4 is 0 Å². The second-order valence-corrected chi connectivity index (χ2v) is 14.8. The molecule has 0 saturated carbocycles. The van der Waals surface area contributed by atoms with Crippen LogP contribution in [0.25, 0.3) is 0 Å². The van der Waals surface area contributed by atoms with Gasteiger partial charge >= 0.3 is 0 Å². The van der Waals surface area contributed by atoms with Crippen LogP contribution in [0.2, 0.25) is 0 Å². The maximum absolute atomic E-state index is 10.1. The molecule has 42 heavy (non-hydrogen) atoms. The van der Waals surface area contributed by atoms with E-state index in [9.17, 15) is 5.11 Å². The summed E-state index contributed by atoms with van der Waals surface area (Å²) in [6.07, 6.45) is 51.2. The van der Waals surface area contributed by atoms with E-state index in [1.807, 2.05) is 0 Å². The minimum Gasteiger partial charge on any atom is -0.396 e. The first-order valence-electron chi connectivity index (χ1n) is 20.3. The van der Waals surface area contributed by atoms with E-state index in [0.29, 0.717) is 6.61 Å². The van der Waals surface area contributed by atoms with Crippen LogP contribution >= 0.6 is 0 Å². The van der Waals surface area contributed by atoms with Gasteiger partial charge in [0.05, 0.1) is 0 Å². The van der Waals surface area contributed by atoms with E-state index < -0.39 is 0 Å². The van der Waals surface area contributed by atoms with E-state index in [-0.39, 0.29) is 5.41 Å². The fourth-order valence-corrected chi connectivity index (χ4v) is 6.84. The van der Waals surface area contributed by atoms with E-state index in [2.05, 4.69) is 20.8 Å². The molecular weight excluding hydrogens is 508 g/mol. The minimum atomic E-state index is 0.172. The maximum Gasteiger partial charge on any atom is 0.0484 e. The average Bonchev–Trinajstić information content (AvgIpc) is 3.00. The highest BCUT2D eigenvalue weighted by Gasteiger charge is 2.22. The zero-order chi connectivity index (χ0) is 30.7. The molecule has 0 aliphatic rings. The molecule has 0 fully saturated rings. The SMILES string of the molecule is CCCCCCCCCCCCCCCCCCCC[C@@](C)(CO)CCCCCCCCCCCCCCCCCC. The van der Waals surface area contributed by atoms with Crippen molar-refractivity contribution in [1.82, 2.24) is 0 Å². The molecule has 0 unspecified atom stereocenters. The summed E-state index contributed by atoms with van der Waals surface area (Å²) in [5.41, 5.74) is 0.172. The van der Waals surface area contributed by atoms with Gasteiger partial charge in [-0.25, -0.2) is 0 Å². The molecule has 0 saturated heterocycles. The molecule has 0 aromatic carbocycles. The van der Waals surface area contributed by atoms with Gasteiger partial charge in [0.15, 0.2) is 0 Å². The first-order valence-corrected chi connectivity index (χ1v) is 20.3. The highest BCUT2D eigenvalue weighted by molar-refractivity contribution is 4.73. The molecule has 0 amide bonds. The van der Waals surface area contributed by atoms with Crippen LogP contribution in [0.5, 0.6) is 0 Å². The number of aliphatic hydroxyl groups excluding tert-OH is 1. The third-order valence-electron chi connectivity index (χ3n) is 10.1. The van der Waals surface area contributed by atoms with E-state index >= 15 is 0 Å². The van der Waals surface area contributed by atoms with Crippen LogP contribution in [-0.2, 0) is 0 Å². The molecule has 0 radical (unpaired) electrons. The normalized spacial score (nSPS) is 13.1. The number of hydrogen-bond acceptors (Lipinski definition) is 1. The van der Waals surface area contributed by atoms with Crippen LogP contribution in [0, 0.1) is 5.41 Å². The summed E-state index contributed by atoms with van der Waals surface area (Å²) in [7, 11) is 0. The first-order chi connectivity index (χ1) is 20.7. The van der Waals surface area contributed by atoms with Gasteiger partial charge in [-0.3, -0.25) is 0 Å². The lowest BCUT2D eigenvalue weighted by Gasteiger charge is -2.27. The number of unbranched alkanes of at least 4 members (excludes halogenated alkanes) is 32. The lowest BCUT2D eigenvalue weighted by molar-refractivity contribution is 0.116. The van der Waals surface area contributed by atoms with Gasteiger partial charge in [-0.15, -0.1) is 0 Å². The molecule has 0 spiro atoms. The highest BCUT2D eigenvalue weighted by atomic mass is 16.3. The van der Waals surface area contributed by atoms with Crippen LogP contribution in [0.4, 0.5) is 0 Å². The summed E-state index contributed by atoms with van der Waals surface area (Å²) in [6, 6.07) is 0. The van der Waals surface area contributed by atoms with Gasteiger partial charge in [0.1, 0.15) is 0 Å². The third kappa shape index (κ3) is 32.9. The van der Waals surface area contributed by atoms with E-state index in [0.717, 1.165) is 0 Å². The Morgan fingerprint density at radius 2 is 0.452 bits per heavy atom. The molecule has 0 aliphatic carbocycles. The molecule has 1 atom stereocenters. The Labute approximate surface area is 268 Å². The number of aliphatic hydroxyl groups is 1. The van der Waals surface area contributed by atoms with Crippen molar-refractivity contribution < 1.29 is 5.11 Å². The third-order valence-corrected chi connectivity index (χ3v) is 10.1. The van der Waals surface area contributed by atoms with Crippen LogP contribution < -0.4 is 0 Å². The fraction of sp³-hybridized carbons (Fsp3) is 1.00. The van der Waals surface area contributed by atoms with Gasteiger partial charge < -0.3 is 5.11 Å². The summed E-state index contributed by atoms with van der Waals surface area (Å²) in [5, 5.41) is 10.1. The van der Waals surface area contributed by atoms with E-state index in [1.54, 1.807) is 0 Å². The Kier molecular flexibility index (Phi) is 35.4. The van der Waals surface area contributed by atoms with Crippen molar-refractivity contribution in [3.05, 3.63) is 0 Å². The lowest BCUT2D eigenvalue weighted by atomic mass is 9.80. The molecule has 1 N–H and O–H groups in total. The van der Waals surface area contributed by atoms with Gasteiger partial charge in [-0.1, -0.05) is 239 Å². The quantitative estimate of drug-likeness (QED) is 0.0711. The average molecular weight is 593 g/mol. The number of rotatable bonds is 37. The molecule has 0 bridgehead atoms. The maximum atomic E-state index is 10.1. The molecule has 1 nitrogen and oxygen atoms in total. The lowest BCUT2D eigenvalue weighted by Crippen LogP contribution is -2.21. The second-order valence-electron chi connectivity index (χ2n) is 14.8. The standard InChI is InChI=1S/C41H84O/c1-4-6-8-10-12-14-16-18-20-22-23-25-27-29-31-33-35-37-39-41(3,40-42)38-36-34-32-30-28-26-24-21-19-17-15-13-11-9-7-5-2/h42H,4-40H2,1-3H3/t41-/m0/s1. The fourth-order valence-electron chi connectivity index (χ4n) is 6.84. The van der Waals surface area contributed by atoms with Crippen molar-refractivity contribution in [1.29, 1.82) is 0 Å². The van der Waals surface area contributed by atoms with Crippen LogP contribution in [0.15, 0.2) is 0 Å². The first kappa shape index (κ1) is 42.0. The van der Waals surface area contributed by atoms with Crippen molar-refractivity contribution in [2.75, 3.05) is 6.61 Å². The highest BCUT2D eigenvalue weighted by Crippen LogP contribution is 2.31. The largest absolute Gasteiger partial charge is 0.396 e. The van der Waals surface area contributed by atoms with Gasteiger partial charge in [-0.2, -0.15) is 0 Å². The Morgan fingerprint density at radius 1 is 0.286 bits per heavy atom. The summed E-state index contributed by atoms with van der Waals surface area (Å²) < 4.78 is 0. The molecular formula is C41H84O. The van der Waals surface area contributed by atoms with Crippen molar-refractivity contribution in [3.8, 4) is 0 Å². The van der Waals surface area contributed by atoms with Gasteiger partial charge in [0.25, 0.3) is 0 Å². The number of hydrogen-bond donors (Lipinski definition) is 1. The van der Waals surface area contributed by atoms with Gasteiger partial charge in [0.2, 0.25) is 0 Å². The zero-order valence-corrected chi connectivity index (χ0v) is 30.1. The molecule has 0 aromatic rings. The monoisotopic (exact) mass is 593 g/mol. The summed E-state index contributed by atoms with van der Waals surface area (Å²) in [4.78, 5) is 0. The molecule has 254 valence electrons. The Hall–Kier alpha value is -0.0400. The second kappa shape index (κ2) is 35.4. The Balaban J connectivity index is 3.37. The van der Waals surface area contributed by atoms with Crippen LogP contribution in [-0.4, -0.2) is 11.7 Å². The zero-order valence-electron chi connectivity index (χ0n) is 30.1. The van der Waals surface area contributed by atoms with E-state index in [4.69, 9.17) is 0 Å². The predicted molar refractivity (Wildman–Crippen MR) is 193 cm³/mol. The van der Waals surface area contributed by atoms with Gasteiger partial charge in [-0.05, 0) is 18.3 Å². The summed E-state index contributed by atoms with van der Waals surface area (Å²) in [5.74, 6) is 0. The summed E-state index contributed by atoms with van der Waals surface area (Å²) >= 11 is 0. The smallest absolute Gasteiger partial charge is 0.0484 e. The van der Waals surface area contributed by atoms with Gasteiger partial charge in [0, 0.05) is 6.61 Å². The van der Waals surface area contributed by atoms with Crippen LogP contribution in [0.1, 0.15) is 252 Å². The molecule has 0 aliphatic heterocycles. The van der Waals surface area contributed by atoms with Crippen molar-refractivity contribution in [2.45, 2.75) is 252 Å². The molecule has 0 aromatic heterocycles. The van der Waals surface area contributed by atoms with Crippen molar-refractivity contribution in [2.24, 2.45) is 5.41 Å². The topological polar surface area (TPSA) is 20.2 Å². The Morgan fingerprint density at radius 3 is 0.619 bits per heavy atom. The molecule has 0 rings (SSSR count). The summed E-state index contributed by atoms with van der Waals surface area (Å²) in [6.45, 7) is 7.32. The Bertz CT molecular complexity index is 473. The molecule has 1 heteroatoms. The van der Waals surface area contributed by atoms with E-state index in [1.165, 1.54) is 231 Å². The minimum absolute atomic E-state index is 0.172. The molecule has 0 heterocycles. The predicted octanol–water partition coefficient (Wildman–Crippen LogP) is 15.1.